The molecule has 0 spiro atoms. The van der Waals surface area contributed by atoms with Gasteiger partial charge in [0.2, 0.25) is 11.8 Å². The van der Waals surface area contributed by atoms with Crippen LogP contribution < -0.4 is 10.6 Å². The van der Waals surface area contributed by atoms with Crippen molar-refractivity contribution in [3.63, 3.8) is 0 Å². The van der Waals surface area contributed by atoms with Crippen LogP contribution >= 0.6 is 0 Å². The molecule has 6 nitrogen and oxygen atoms in total. The summed E-state index contributed by atoms with van der Waals surface area (Å²) in [5.41, 5.74) is 3.80. The van der Waals surface area contributed by atoms with Gasteiger partial charge in [-0.1, -0.05) is 48.5 Å². The average molecular weight is 413 g/mol. The molecule has 3 aromatic carbocycles. The second kappa shape index (κ2) is 8.83. The van der Waals surface area contributed by atoms with Gasteiger partial charge in [-0.25, -0.2) is 0 Å². The summed E-state index contributed by atoms with van der Waals surface area (Å²) in [5.74, 6) is -0.545. The topological polar surface area (TPSA) is 78.5 Å². The molecule has 1 heterocycles. The first-order valence-electron chi connectivity index (χ1n) is 10.1. The van der Waals surface area contributed by atoms with E-state index in [0.717, 1.165) is 11.1 Å². The van der Waals surface area contributed by atoms with Gasteiger partial charge in [-0.2, -0.15) is 0 Å². The zero-order valence-corrected chi connectivity index (χ0v) is 17.2. The lowest BCUT2D eigenvalue weighted by Crippen LogP contribution is -2.45. The molecule has 1 aliphatic heterocycles. The van der Waals surface area contributed by atoms with Crippen molar-refractivity contribution in [3.05, 3.63) is 95.6 Å². The summed E-state index contributed by atoms with van der Waals surface area (Å²) in [6, 6.07) is 23.4. The lowest BCUT2D eigenvalue weighted by molar-refractivity contribution is -0.120. The minimum atomic E-state index is -0.655. The highest BCUT2D eigenvalue weighted by Crippen LogP contribution is 2.26. The largest absolute Gasteiger partial charge is 0.326 e. The summed E-state index contributed by atoms with van der Waals surface area (Å²) >= 11 is 0. The molecule has 0 radical (unpaired) electrons. The fraction of sp³-hybridized carbons (Fsp3) is 0.160. The van der Waals surface area contributed by atoms with E-state index in [2.05, 4.69) is 10.6 Å². The summed E-state index contributed by atoms with van der Waals surface area (Å²) in [4.78, 5) is 39.2. The number of fused-ring (bicyclic) bond motifs is 1. The third-order valence-electron chi connectivity index (χ3n) is 5.27. The molecule has 3 aromatic rings. The van der Waals surface area contributed by atoms with E-state index in [4.69, 9.17) is 0 Å². The minimum Gasteiger partial charge on any atom is -0.326 e. The summed E-state index contributed by atoms with van der Waals surface area (Å²) in [7, 11) is 0. The molecule has 6 heteroatoms. The predicted octanol–water partition coefficient (Wildman–Crippen LogP) is 3.85. The van der Waals surface area contributed by atoms with Crippen molar-refractivity contribution in [2.45, 2.75) is 25.9 Å². The monoisotopic (exact) mass is 413 g/mol. The molecule has 1 aliphatic rings. The van der Waals surface area contributed by atoms with E-state index >= 15 is 0 Å². The smallest absolute Gasteiger partial charge is 0.255 e. The average Bonchev–Trinajstić information content (AvgIpc) is 3.10. The van der Waals surface area contributed by atoms with E-state index in [1.807, 2.05) is 48.5 Å². The molecular formula is C25H23N3O3. The first-order valence-corrected chi connectivity index (χ1v) is 10.1. The second-order valence-corrected chi connectivity index (χ2v) is 7.54. The highest BCUT2D eigenvalue weighted by molar-refractivity contribution is 6.03. The third kappa shape index (κ3) is 4.64. The zero-order chi connectivity index (χ0) is 21.8. The van der Waals surface area contributed by atoms with Crippen LogP contribution in [-0.2, 0) is 22.6 Å². The van der Waals surface area contributed by atoms with Gasteiger partial charge in [-0.05, 0) is 41.5 Å². The Morgan fingerprint density at radius 3 is 2.13 bits per heavy atom. The Labute approximate surface area is 180 Å². The summed E-state index contributed by atoms with van der Waals surface area (Å²) in [5, 5.41) is 5.62. The molecular weight excluding hydrogens is 390 g/mol. The number of hydrogen-bond donors (Lipinski definition) is 2. The van der Waals surface area contributed by atoms with Gasteiger partial charge in [0.15, 0.2) is 0 Å². The molecule has 31 heavy (non-hydrogen) atoms. The molecule has 0 aromatic heterocycles. The molecule has 0 aliphatic carbocycles. The number of amides is 3. The Bertz CT molecular complexity index is 1110. The third-order valence-corrected chi connectivity index (χ3v) is 5.27. The number of hydrogen-bond acceptors (Lipinski definition) is 3. The maximum absolute atomic E-state index is 13.3. The van der Waals surface area contributed by atoms with Crippen molar-refractivity contribution in [3.8, 4) is 0 Å². The quantitative estimate of drug-likeness (QED) is 0.644. The Hall–Kier alpha value is -3.93. The Balaban J connectivity index is 1.56. The molecule has 156 valence electrons. The fourth-order valence-electron chi connectivity index (χ4n) is 3.78. The zero-order valence-electron chi connectivity index (χ0n) is 17.2. The van der Waals surface area contributed by atoms with E-state index in [1.165, 1.54) is 6.92 Å². The van der Waals surface area contributed by atoms with Crippen LogP contribution in [0.25, 0.3) is 0 Å². The number of anilines is 2. The molecule has 0 saturated carbocycles. The first-order chi connectivity index (χ1) is 15.0. The summed E-state index contributed by atoms with van der Waals surface area (Å²) in [6.07, 6.45) is 0.413. The van der Waals surface area contributed by atoms with Crippen LogP contribution in [0, 0.1) is 0 Å². The van der Waals surface area contributed by atoms with Gasteiger partial charge >= 0.3 is 0 Å². The van der Waals surface area contributed by atoms with E-state index < -0.39 is 6.04 Å². The van der Waals surface area contributed by atoms with Crippen LogP contribution in [0.15, 0.2) is 78.9 Å². The fourth-order valence-corrected chi connectivity index (χ4v) is 3.78. The Morgan fingerprint density at radius 2 is 1.48 bits per heavy atom. The maximum Gasteiger partial charge on any atom is 0.255 e. The van der Waals surface area contributed by atoms with Gasteiger partial charge in [0.1, 0.15) is 6.04 Å². The number of carbonyl (C=O) groups excluding carboxylic acids is 3. The standard InChI is InChI=1S/C25H23N3O3/c1-17(29)26-20-11-13-21(14-12-20)27-24(30)23(15-18-7-3-2-4-8-18)28-16-19-9-5-6-10-22(19)25(28)31/h2-14,23H,15-16H2,1H3,(H,26,29)(H,27,30)/t23-/m0/s1. The van der Waals surface area contributed by atoms with Crippen molar-refractivity contribution in [1.82, 2.24) is 4.90 Å². The molecule has 0 fully saturated rings. The van der Waals surface area contributed by atoms with E-state index in [-0.39, 0.29) is 17.7 Å². The molecule has 0 bridgehead atoms. The number of benzene rings is 3. The molecule has 0 unspecified atom stereocenters. The summed E-state index contributed by atoms with van der Waals surface area (Å²) < 4.78 is 0. The van der Waals surface area contributed by atoms with Gasteiger partial charge in [0, 0.05) is 36.8 Å². The number of nitrogens with zero attached hydrogens (tertiary/aromatic N) is 1. The Morgan fingerprint density at radius 1 is 0.871 bits per heavy atom. The van der Waals surface area contributed by atoms with Gasteiger partial charge < -0.3 is 15.5 Å². The first kappa shape index (κ1) is 20.3. The highest BCUT2D eigenvalue weighted by atomic mass is 16.2. The molecule has 3 amide bonds. The van der Waals surface area contributed by atoms with Crippen LogP contribution in [0.4, 0.5) is 11.4 Å². The van der Waals surface area contributed by atoms with Crippen LogP contribution in [0.2, 0.25) is 0 Å². The van der Waals surface area contributed by atoms with Gasteiger partial charge in [0.25, 0.3) is 5.91 Å². The molecule has 4 rings (SSSR count). The van der Waals surface area contributed by atoms with E-state index in [1.54, 1.807) is 35.2 Å². The number of rotatable bonds is 6. The number of carbonyl (C=O) groups is 3. The molecule has 0 saturated heterocycles. The normalized spacial score (nSPS) is 13.5. The highest BCUT2D eigenvalue weighted by Gasteiger charge is 2.36. The van der Waals surface area contributed by atoms with Gasteiger partial charge in [0.05, 0.1) is 0 Å². The van der Waals surface area contributed by atoms with Crippen molar-refractivity contribution < 1.29 is 14.4 Å². The lowest BCUT2D eigenvalue weighted by Gasteiger charge is -2.27. The minimum absolute atomic E-state index is 0.132. The van der Waals surface area contributed by atoms with E-state index in [9.17, 15) is 14.4 Å². The van der Waals surface area contributed by atoms with Crippen LogP contribution in [0.1, 0.15) is 28.4 Å². The summed E-state index contributed by atoms with van der Waals surface area (Å²) in [6.45, 7) is 1.84. The van der Waals surface area contributed by atoms with E-state index in [0.29, 0.717) is 29.9 Å². The van der Waals surface area contributed by atoms with Crippen LogP contribution in [-0.4, -0.2) is 28.7 Å². The number of nitrogens with one attached hydrogen (secondary N) is 2. The van der Waals surface area contributed by atoms with Gasteiger partial charge in [-0.15, -0.1) is 0 Å². The van der Waals surface area contributed by atoms with Gasteiger partial charge in [-0.3, -0.25) is 14.4 Å². The maximum atomic E-state index is 13.3. The molecule has 2 N–H and O–H groups in total. The van der Waals surface area contributed by atoms with Crippen molar-refractivity contribution in [2.24, 2.45) is 0 Å². The van der Waals surface area contributed by atoms with Crippen LogP contribution in [0.3, 0.4) is 0 Å². The predicted molar refractivity (Wildman–Crippen MR) is 120 cm³/mol. The Kier molecular flexibility index (Phi) is 5.80. The second-order valence-electron chi connectivity index (χ2n) is 7.54. The van der Waals surface area contributed by atoms with Crippen molar-refractivity contribution in [1.29, 1.82) is 0 Å². The molecule has 1 atom stereocenters. The van der Waals surface area contributed by atoms with Crippen LogP contribution in [0.5, 0.6) is 0 Å². The van der Waals surface area contributed by atoms with Crippen molar-refractivity contribution >= 4 is 29.1 Å². The lowest BCUT2D eigenvalue weighted by atomic mass is 10.0. The van der Waals surface area contributed by atoms with Crippen molar-refractivity contribution in [2.75, 3.05) is 10.6 Å². The SMILES string of the molecule is CC(=O)Nc1ccc(NC(=O)[C@H](Cc2ccccc2)N2Cc3ccccc3C2=O)cc1.